The summed E-state index contributed by atoms with van der Waals surface area (Å²) >= 11 is 5.43. The monoisotopic (exact) mass is 145 g/mol. The number of hydrogen-bond acceptors (Lipinski definition) is 2. The van der Waals surface area contributed by atoms with Crippen LogP contribution in [0.5, 0.6) is 0 Å². The van der Waals surface area contributed by atoms with E-state index >= 15 is 0 Å². The molecule has 9 heavy (non-hydrogen) atoms. The molecule has 1 aromatic heterocycles. The molecule has 3 nitrogen and oxygen atoms in total. The SMILES string of the molecule is OB(O)c1c[nH]c(Cl)c1. The van der Waals surface area contributed by atoms with Gasteiger partial charge >= 0.3 is 7.12 Å². The van der Waals surface area contributed by atoms with Crippen LogP contribution in [0.3, 0.4) is 0 Å². The molecule has 0 saturated carbocycles. The maximum atomic E-state index is 8.51. The van der Waals surface area contributed by atoms with E-state index in [4.69, 9.17) is 21.6 Å². The Morgan fingerprint density at radius 1 is 1.56 bits per heavy atom. The number of aromatic amines is 1. The van der Waals surface area contributed by atoms with E-state index in [9.17, 15) is 0 Å². The van der Waals surface area contributed by atoms with Crippen LogP contribution in [0.1, 0.15) is 0 Å². The van der Waals surface area contributed by atoms with Crippen molar-refractivity contribution >= 4 is 24.2 Å². The molecule has 1 rings (SSSR count). The van der Waals surface area contributed by atoms with Gasteiger partial charge in [-0.3, -0.25) is 0 Å². The van der Waals surface area contributed by atoms with Gasteiger partial charge in [0.2, 0.25) is 0 Å². The van der Waals surface area contributed by atoms with Crippen LogP contribution >= 0.6 is 11.6 Å². The topological polar surface area (TPSA) is 56.2 Å². The second-order valence-electron chi connectivity index (χ2n) is 1.65. The van der Waals surface area contributed by atoms with Gasteiger partial charge in [-0.15, -0.1) is 0 Å². The summed E-state index contributed by atoms with van der Waals surface area (Å²) in [6.07, 6.45) is 1.44. The van der Waals surface area contributed by atoms with Gasteiger partial charge in [-0.1, -0.05) is 11.6 Å². The van der Waals surface area contributed by atoms with E-state index in [-0.39, 0.29) is 0 Å². The molecular formula is C4H5BClNO2. The molecule has 1 heterocycles. The molecule has 48 valence electrons. The highest BCUT2D eigenvalue weighted by molar-refractivity contribution is 6.59. The normalized spacial score (nSPS) is 9.67. The van der Waals surface area contributed by atoms with E-state index in [0.717, 1.165) is 0 Å². The molecule has 0 aliphatic carbocycles. The minimum atomic E-state index is -1.44. The molecule has 3 N–H and O–H groups in total. The zero-order chi connectivity index (χ0) is 6.85. The van der Waals surface area contributed by atoms with Crippen LogP contribution in [-0.2, 0) is 0 Å². The van der Waals surface area contributed by atoms with Gasteiger partial charge < -0.3 is 15.0 Å². The van der Waals surface area contributed by atoms with Gasteiger partial charge in [0.25, 0.3) is 0 Å². The molecule has 0 bridgehead atoms. The molecule has 0 saturated heterocycles. The minimum absolute atomic E-state index is 0.375. The maximum absolute atomic E-state index is 8.51. The first-order valence-electron chi connectivity index (χ1n) is 2.40. The first-order valence-corrected chi connectivity index (χ1v) is 2.78. The Balaban J connectivity index is 2.85. The average molecular weight is 145 g/mol. The molecule has 0 radical (unpaired) electrons. The number of H-pyrrole nitrogens is 1. The van der Waals surface area contributed by atoms with Crippen LogP contribution in [0.15, 0.2) is 12.3 Å². The molecule has 0 fully saturated rings. The van der Waals surface area contributed by atoms with E-state index in [0.29, 0.717) is 10.6 Å². The quantitative estimate of drug-likeness (QED) is 0.460. The second kappa shape index (κ2) is 2.43. The summed E-state index contributed by atoms with van der Waals surface area (Å²) in [4.78, 5) is 2.60. The Labute approximate surface area is 57.4 Å². The van der Waals surface area contributed by atoms with Gasteiger partial charge in [-0.05, 0) is 6.07 Å². The number of nitrogens with one attached hydrogen (secondary N) is 1. The fourth-order valence-electron chi connectivity index (χ4n) is 0.531. The molecular weight excluding hydrogens is 140 g/mol. The lowest BCUT2D eigenvalue weighted by molar-refractivity contribution is 0.426. The van der Waals surface area contributed by atoms with Crippen LogP contribution in [0.2, 0.25) is 5.15 Å². The van der Waals surface area contributed by atoms with E-state index in [2.05, 4.69) is 4.98 Å². The molecule has 0 spiro atoms. The summed E-state index contributed by atoms with van der Waals surface area (Å²) in [6, 6.07) is 1.45. The van der Waals surface area contributed by atoms with Crippen molar-refractivity contribution in [1.29, 1.82) is 0 Å². The number of hydrogen-bond donors (Lipinski definition) is 3. The third-order valence-electron chi connectivity index (χ3n) is 0.968. The Morgan fingerprint density at radius 3 is 2.44 bits per heavy atom. The lowest BCUT2D eigenvalue weighted by Gasteiger charge is -1.87. The summed E-state index contributed by atoms with van der Waals surface area (Å²) in [5.41, 5.74) is 0.375. The highest BCUT2D eigenvalue weighted by Crippen LogP contribution is 1.99. The molecule has 1 aromatic rings. The summed E-state index contributed by atoms with van der Waals surface area (Å²) in [7, 11) is -1.44. The first-order chi connectivity index (χ1) is 4.20. The molecule has 0 amide bonds. The summed E-state index contributed by atoms with van der Waals surface area (Å²) in [5.74, 6) is 0. The van der Waals surface area contributed by atoms with Crippen molar-refractivity contribution in [3.05, 3.63) is 17.4 Å². The van der Waals surface area contributed by atoms with Crippen LogP contribution in [0.25, 0.3) is 0 Å². The van der Waals surface area contributed by atoms with Crippen molar-refractivity contribution < 1.29 is 10.0 Å². The molecule has 0 unspecified atom stereocenters. The second-order valence-corrected chi connectivity index (χ2v) is 2.06. The Bertz CT molecular complexity index is 200. The van der Waals surface area contributed by atoms with Gasteiger partial charge in [0, 0.05) is 11.7 Å². The zero-order valence-corrected chi connectivity index (χ0v) is 5.26. The van der Waals surface area contributed by atoms with Crippen LogP contribution in [0.4, 0.5) is 0 Å². The fraction of sp³-hybridized carbons (Fsp3) is 0. The van der Waals surface area contributed by atoms with E-state index in [1.807, 2.05) is 0 Å². The van der Waals surface area contributed by atoms with Crippen LogP contribution < -0.4 is 5.46 Å². The predicted molar refractivity (Wildman–Crippen MR) is 35.6 cm³/mol. The zero-order valence-electron chi connectivity index (χ0n) is 4.50. The van der Waals surface area contributed by atoms with Gasteiger partial charge in [-0.2, -0.15) is 0 Å². The van der Waals surface area contributed by atoms with E-state index < -0.39 is 7.12 Å². The van der Waals surface area contributed by atoms with Crippen molar-refractivity contribution in [1.82, 2.24) is 4.98 Å². The Kier molecular flexibility index (Phi) is 1.80. The predicted octanol–water partition coefficient (Wildman–Crippen LogP) is -0.652. The minimum Gasteiger partial charge on any atom is -0.423 e. The van der Waals surface area contributed by atoms with Crippen LogP contribution in [0, 0.1) is 0 Å². The lowest BCUT2D eigenvalue weighted by Crippen LogP contribution is -2.27. The molecule has 0 aromatic carbocycles. The first kappa shape index (κ1) is 6.67. The summed E-state index contributed by atoms with van der Waals surface area (Å²) in [6.45, 7) is 0. The van der Waals surface area contributed by atoms with Gasteiger partial charge in [0.15, 0.2) is 0 Å². The fourth-order valence-corrected chi connectivity index (χ4v) is 0.712. The van der Waals surface area contributed by atoms with Crippen LogP contribution in [-0.4, -0.2) is 22.2 Å². The van der Waals surface area contributed by atoms with Crippen molar-refractivity contribution in [3.63, 3.8) is 0 Å². The van der Waals surface area contributed by atoms with Crippen molar-refractivity contribution in [3.8, 4) is 0 Å². The third-order valence-corrected chi connectivity index (χ3v) is 1.19. The summed E-state index contributed by atoms with van der Waals surface area (Å²) in [5, 5.41) is 17.4. The Morgan fingerprint density at radius 2 is 2.22 bits per heavy atom. The molecule has 0 aliphatic heterocycles. The number of aromatic nitrogens is 1. The summed E-state index contributed by atoms with van der Waals surface area (Å²) < 4.78 is 0. The van der Waals surface area contributed by atoms with Crippen molar-refractivity contribution in [2.45, 2.75) is 0 Å². The average Bonchev–Trinajstić information content (AvgIpc) is 2.14. The lowest BCUT2D eigenvalue weighted by atomic mass is 9.83. The van der Waals surface area contributed by atoms with Crippen molar-refractivity contribution in [2.75, 3.05) is 0 Å². The molecule has 5 heteroatoms. The number of rotatable bonds is 1. The van der Waals surface area contributed by atoms with E-state index in [1.165, 1.54) is 12.3 Å². The highest BCUT2D eigenvalue weighted by Gasteiger charge is 2.11. The molecule has 0 atom stereocenters. The number of halogens is 1. The Hall–Kier alpha value is -0.445. The maximum Gasteiger partial charge on any atom is 0.490 e. The highest BCUT2D eigenvalue weighted by atomic mass is 35.5. The van der Waals surface area contributed by atoms with Gasteiger partial charge in [0.05, 0.1) is 0 Å². The van der Waals surface area contributed by atoms with Gasteiger partial charge in [-0.25, -0.2) is 0 Å². The van der Waals surface area contributed by atoms with Gasteiger partial charge in [0.1, 0.15) is 5.15 Å². The van der Waals surface area contributed by atoms with E-state index in [1.54, 1.807) is 0 Å². The molecule has 0 aliphatic rings. The third kappa shape index (κ3) is 1.48. The largest absolute Gasteiger partial charge is 0.490 e. The van der Waals surface area contributed by atoms with Crippen molar-refractivity contribution in [2.24, 2.45) is 0 Å². The smallest absolute Gasteiger partial charge is 0.423 e. The standard InChI is InChI=1S/C4H5BClNO2/c6-4-1-3(2-7-4)5(8)9/h1-2,7-9H.